The van der Waals surface area contributed by atoms with Crippen molar-refractivity contribution in [3.05, 3.63) is 23.2 Å². The molecular weight excluding hydrogens is 326 g/mol. The number of rotatable bonds is 12. The van der Waals surface area contributed by atoms with Gasteiger partial charge in [0.1, 0.15) is 17.6 Å². The molecule has 1 aromatic heterocycles. The summed E-state index contributed by atoms with van der Waals surface area (Å²) in [4.78, 5) is 16.6. The van der Waals surface area contributed by atoms with E-state index in [0.717, 1.165) is 19.3 Å². The number of ether oxygens (including phenoxy) is 1. The average Bonchev–Trinajstić information content (AvgIpc) is 3.03. The van der Waals surface area contributed by atoms with Crippen LogP contribution in [0.25, 0.3) is 0 Å². The number of amides is 1. The largest absolute Gasteiger partial charge is 0.467 e. The van der Waals surface area contributed by atoms with Crippen molar-refractivity contribution in [2.45, 2.75) is 52.2 Å². The van der Waals surface area contributed by atoms with Crippen molar-refractivity contribution in [3.63, 3.8) is 0 Å². The van der Waals surface area contributed by atoms with Gasteiger partial charge in [0.25, 0.3) is 11.1 Å². The monoisotopic (exact) mass is 355 g/mol. The van der Waals surface area contributed by atoms with Crippen molar-refractivity contribution in [2.75, 3.05) is 19.7 Å². The van der Waals surface area contributed by atoms with Crippen LogP contribution in [0.5, 0.6) is 5.19 Å². The number of aliphatic hydroxyl groups excluding tert-OH is 1. The van der Waals surface area contributed by atoms with Gasteiger partial charge < -0.3 is 20.5 Å². The van der Waals surface area contributed by atoms with Crippen molar-refractivity contribution < 1.29 is 14.6 Å². The van der Waals surface area contributed by atoms with Gasteiger partial charge in [-0.3, -0.25) is 4.79 Å². The molecule has 1 amide bonds. The van der Waals surface area contributed by atoms with Gasteiger partial charge in [0.15, 0.2) is 0 Å². The molecule has 1 unspecified atom stereocenters. The summed E-state index contributed by atoms with van der Waals surface area (Å²) < 4.78 is 5.43. The first-order chi connectivity index (χ1) is 11.5. The van der Waals surface area contributed by atoms with Crippen LogP contribution in [-0.4, -0.2) is 47.8 Å². The van der Waals surface area contributed by atoms with E-state index in [0.29, 0.717) is 29.2 Å². The lowest BCUT2D eigenvalue weighted by molar-refractivity contribution is 0.0957. The van der Waals surface area contributed by atoms with E-state index >= 15 is 0 Å². The molecule has 3 N–H and O–H groups in total. The zero-order chi connectivity index (χ0) is 17.8. The van der Waals surface area contributed by atoms with Crippen LogP contribution in [0, 0.1) is 0 Å². The number of nitrogens with one attached hydrogen (secondary N) is 2. The number of allylic oxidation sites excluding steroid dienone is 2. The minimum absolute atomic E-state index is 0.129. The highest BCUT2D eigenvalue weighted by molar-refractivity contribution is 7.15. The Bertz CT molecular complexity index is 503. The van der Waals surface area contributed by atoms with Crippen LogP contribution in [-0.2, 0) is 0 Å². The highest BCUT2D eigenvalue weighted by Crippen LogP contribution is 2.20. The number of nitrogens with zero attached hydrogens (tertiary/aromatic N) is 1. The van der Waals surface area contributed by atoms with Crippen molar-refractivity contribution in [3.8, 4) is 5.19 Å². The number of aromatic nitrogens is 1. The van der Waals surface area contributed by atoms with Gasteiger partial charge in [-0.05, 0) is 26.2 Å². The second kappa shape index (κ2) is 12.0. The molecular formula is C17H29N3O3S. The molecule has 0 aliphatic heterocycles. The van der Waals surface area contributed by atoms with Crippen LogP contribution in [0.1, 0.15) is 49.7 Å². The van der Waals surface area contributed by atoms with Gasteiger partial charge in [-0.1, -0.05) is 37.3 Å². The summed E-state index contributed by atoms with van der Waals surface area (Å²) in [5, 5.41) is 16.2. The molecule has 0 bridgehead atoms. The Balaban J connectivity index is 2.25. The average molecular weight is 356 g/mol. The third kappa shape index (κ3) is 9.00. The van der Waals surface area contributed by atoms with E-state index < -0.39 is 6.10 Å². The second-order valence-corrected chi connectivity index (χ2v) is 6.83. The van der Waals surface area contributed by atoms with E-state index in [-0.39, 0.29) is 12.5 Å². The first-order valence-corrected chi connectivity index (χ1v) is 9.24. The van der Waals surface area contributed by atoms with Crippen molar-refractivity contribution in [1.82, 2.24) is 15.6 Å². The molecule has 0 saturated carbocycles. The smallest absolute Gasteiger partial charge is 0.273 e. The fourth-order valence-electron chi connectivity index (χ4n) is 1.87. The number of carbonyl (C=O) groups excluding carboxylic acids is 1. The van der Waals surface area contributed by atoms with Crippen LogP contribution < -0.4 is 15.4 Å². The maximum absolute atomic E-state index is 12.0. The Morgan fingerprint density at radius 1 is 1.46 bits per heavy atom. The van der Waals surface area contributed by atoms with Gasteiger partial charge in [-0.25, -0.2) is 4.98 Å². The summed E-state index contributed by atoms with van der Waals surface area (Å²) in [6.45, 7) is 7.30. The molecule has 0 aliphatic rings. The standard InChI is InChI=1S/C17H29N3O3S/c1-4-5-6-7-8-9-18-16(22)15-11-20-17(24-15)23-12-14(21)10-19-13(2)3/h4-5,11,13-14,19,21H,6-10,12H2,1-3H3,(H,18,22)/b5-4-. The van der Waals surface area contributed by atoms with Crippen molar-refractivity contribution in [2.24, 2.45) is 0 Å². The summed E-state index contributed by atoms with van der Waals surface area (Å²) in [5.41, 5.74) is 0. The normalized spacial score (nSPS) is 12.7. The van der Waals surface area contributed by atoms with E-state index in [9.17, 15) is 9.90 Å². The molecule has 24 heavy (non-hydrogen) atoms. The van der Waals surface area contributed by atoms with Crippen LogP contribution in [0.3, 0.4) is 0 Å². The van der Waals surface area contributed by atoms with Gasteiger partial charge in [0.05, 0.1) is 6.20 Å². The zero-order valence-corrected chi connectivity index (χ0v) is 15.6. The van der Waals surface area contributed by atoms with E-state index in [4.69, 9.17) is 4.74 Å². The van der Waals surface area contributed by atoms with Crippen molar-refractivity contribution >= 4 is 17.2 Å². The van der Waals surface area contributed by atoms with Crippen LogP contribution >= 0.6 is 11.3 Å². The third-order valence-corrected chi connectivity index (χ3v) is 4.10. The number of thiazole rings is 1. The summed E-state index contributed by atoms with van der Waals surface area (Å²) in [7, 11) is 0. The summed E-state index contributed by atoms with van der Waals surface area (Å²) in [6.07, 6.45) is 8.11. The SMILES string of the molecule is C/C=C\CCCCNC(=O)c1cnc(OCC(O)CNC(C)C)s1. The van der Waals surface area contributed by atoms with E-state index in [2.05, 4.69) is 21.7 Å². The lowest BCUT2D eigenvalue weighted by atomic mass is 10.2. The topological polar surface area (TPSA) is 83.5 Å². The molecule has 0 spiro atoms. The Labute approximate surface area is 148 Å². The number of unbranched alkanes of at least 4 members (excludes halogenated alkanes) is 2. The molecule has 0 fully saturated rings. The number of carbonyl (C=O) groups is 1. The summed E-state index contributed by atoms with van der Waals surface area (Å²) in [5.74, 6) is -0.129. The lowest BCUT2D eigenvalue weighted by Crippen LogP contribution is -2.35. The van der Waals surface area contributed by atoms with Crippen molar-refractivity contribution in [1.29, 1.82) is 0 Å². The van der Waals surface area contributed by atoms with E-state index in [1.165, 1.54) is 17.5 Å². The van der Waals surface area contributed by atoms with Crippen LogP contribution in [0.4, 0.5) is 0 Å². The zero-order valence-electron chi connectivity index (χ0n) is 14.7. The van der Waals surface area contributed by atoms with Gasteiger partial charge >= 0.3 is 0 Å². The molecule has 1 aromatic rings. The first-order valence-electron chi connectivity index (χ1n) is 8.42. The minimum Gasteiger partial charge on any atom is -0.467 e. The van der Waals surface area contributed by atoms with Gasteiger partial charge in [-0.15, -0.1) is 0 Å². The highest BCUT2D eigenvalue weighted by Gasteiger charge is 2.12. The fourth-order valence-corrected chi connectivity index (χ4v) is 2.56. The molecule has 0 aliphatic carbocycles. The Kier molecular flexibility index (Phi) is 10.3. The number of aliphatic hydroxyl groups is 1. The first kappa shape index (κ1) is 20.6. The molecule has 6 nitrogen and oxygen atoms in total. The molecule has 0 radical (unpaired) electrons. The predicted octanol–water partition coefficient (Wildman–Crippen LogP) is 2.36. The van der Waals surface area contributed by atoms with E-state index in [1.54, 1.807) is 0 Å². The molecule has 7 heteroatoms. The molecule has 1 rings (SSSR count). The fraction of sp³-hybridized carbons (Fsp3) is 0.647. The predicted molar refractivity (Wildman–Crippen MR) is 97.8 cm³/mol. The summed E-state index contributed by atoms with van der Waals surface area (Å²) >= 11 is 1.19. The molecule has 1 atom stereocenters. The minimum atomic E-state index is -0.606. The molecule has 0 aromatic carbocycles. The Morgan fingerprint density at radius 3 is 2.96 bits per heavy atom. The quantitative estimate of drug-likeness (QED) is 0.396. The third-order valence-electron chi connectivity index (χ3n) is 3.19. The van der Waals surface area contributed by atoms with Gasteiger partial charge in [-0.2, -0.15) is 0 Å². The Morgan fingerprint density at radius 2 is 2.25 bits per heavy atom. The number of hydrogen-bond donors (Lipinski definition) is 3. The van der Waals surface area contributed by atoms with Crippen LogP contribution in [0.15, 0.2) is 18.3 Å². The molecule has 136 valence electrons. The molecule has 1 heterocycles. The molecule has 0 saturated heterocycles. The lowest BCUT2D eigenvalue weighted by Gasteiger charge is -2.13. The Hall–Kier alpha value is -1.44. The second-order valence-electron chi connectivity index (χ2n) is 5.84. The maximum atomic E-state index is 12.0. The van der Waals surface area contributed by atoms with Gasteiger partial charge in [0, 0.05) is 19.1 Å². The summed E-state index contributed by atoms with van der Waals surface area (Å²) in [6, 6.07) is 0.313. The number of hydrogen-bond acceptors (Lipinski definition) is 6. The van der Waals surface area contributed by atoms with Crippen LogP contribution in [0.2, 0.25) is 0 Å². The maximum Gasteiger partial charge on any atom is 0.273 e. The van der Waals surface area contributed by atoms with Gasteiger partial charge in [0.2, 0.25) is 0 Å². The van der Waals surface area contributed by atoms with E-state index in [1.807, 2.05) is 26.8 Å². The highest BCUT2D eigenvalue weighted by atomic mass is 32.1.